The lowest BCUT2D eigenvalue weighted by molar-refractivity contribution is -0.125. The van der Waals surface area contributed by atoms with Gasteiger partial charge in [0.15, 0.2) is 6.61 Å². The van der Waals surface area contributed by atoms with Gasteiger partial charge >= 0.3 is 0 Å². The quantitative estimate of drug-likeness (QED) is 0.183. The van der Waals surface area contributed by atoms with E-state index >= 15 is 0 Å². The van der Waals surface area contributed by atoms with Gasteiger partial charge in [-0.25, -0.2) is 22.3 Å². The van der Waals surface area contributed by atoms with Gasteiger partial charge in [0.1, 0.15) is 11.8 Å². The normalized spacial score (nSPS) is 16.1. The lowest BCUT2D eigenvalue weighted by Crippen LogP contribution is -2.60. The van der Waals surface area contributed by atoms with E-state index in [4.69, 9.17) is 4.74 Å². The maximum Gasteiger partial charge on any atom is 0.262 e. The summed E-state index contributed by atoms with van der Waals surface area (Å²) in [6.07, 6.45) is 1.35. The first-order valence-electron chi connectivity index (χ1n) is 14.6. The number of rotatable bonds is 11. The minimum Gasteiger partial charge on any atom is -0.484 e. The number of nitrogens with zero attached hydrogens (tertiary/aromatic N) is 3. The van der Waals surface area contributed by atoms with Gasteiger partial charge in [0.05, 0.1) is 16.0 Å². The second-order valence-corrected chi connectivity index (χ2v) is 14.5. The topological polar surface area (TPSA) is 155 Å². The number of benzene rings is 4. The standard InChI is InChI=1S/C33H33N5O7S2/c1-25-12-16-27(17-13-25)35-32(39)24-45-28-18-14-26(15-19-28)22-34-36-33(40)31-23-37(46(41,42)29-8-4-2-5-9-29)20-21-38(31)47(43,44)30-10-6-3-7-11-30/h2-19,22,31H,20-21,23-24H2,1H3,(H,35,39)(H,36,40)/b34-22-/t31-/m0/s1. The number of amides is 2. The Labute approximate surface area is 273 Å². The predicted octanol–water partition coefficient (Wildman–Crippen LogP) is 3.23. The highest BCUT2D eigenvalue weighted by Crippen LogP contribution is 2.25. The van der Waals surface area contributed by atoms with Crippen molar-refractivity contribution in [1.29, 1.82) is 0 Å². The molecule has 4 aromatic carbocycles. The number of carbonyl (C=O) groups excluding carboxylic acids is 2. The molecule has 1 atom stereocenters. The lowest BCUT2D eigenvalue weighted by atomic mass is 10.2. The van der Waals surface area contributed by atoms with Gasteiger partial charge in [-0.1, -0.05) is 54.1 Å². The lowest BCUT2D eigenvalue weighted by Gasteiger charge is -2.38. The van der Waals surface area contributed by atoms with Crippen LogP contribution in [0, 0.1) is 6.92 Å². The van der Waals surface area contributed by atoms with Crippen LogP contribution in [0.25, 0.3) is 0 Å². The van der Waals surface area contributed by atoms with Crippen molar-refractivity contribution >= 4 is 43.8 Å². The number of hydrogen-bond acceptors (Lipinski definition) is 8. The smallest absolute Gasteiger partial charge is 0.262 e. The van der Waals surface area contributed by atoms with E-state index in [1.165, 1.54) is 30.5 Å². The highest BCUT2D eigenvalue weighted by atomic mass is 32.2. The fourth-order valence-electron chi connectivity index (χ4n) is 4.81. The summed E-state index contributed by atoms with van der Waals surface area (Å²) in [5.74, 6) is -0.675. The van der Waals surface area contributed by atoms with Crippen LogP contribution in [0.2, 0.25) is 0 Å². The molecule has 244 valence electrons. The summed E-state index contributed by atoms with van der Waals surface area (Å²) in [4.78, 5) is 25.7. The average molecular weight is 676 g/mol. The molecule has 0 aliphatic carbocycles. The Hall–Kier alpha value is -4.89. The highest BCUT2D eigenvalue weighted by Gasteiger charge is 2.43. The number of ether oxygens (including phenoxy) is 1. The van der Waals surface area contributed by atoms with Gasteiger partial charge in [-0.2, -0.15) is 13.7 Å². The average Bonchev–Trinajstić information content (AvgIpc) is 3.09. The molecule has 0 aromatic heterocycles. The molecular weight excluding hydrogens is 643 g/mol. The van der Waals surface area contributed by atoms with E-state index < -0.39 is 38.5 Å². The van der Waals surface area contributed by atoms with Crippen LogP contribution in [0.3, 0.4) is 0 Å². The third-order valence-corrected chi connectivity index (χ3v) is 11.1. The number of sulfonamides is 2. The predicted molar refractivity (Wildman–Crippen MR) is 177 cm³/mol. The largest absolute Gasteiger partial charge is 0.484 e. The Bertz CT molecular complexity index is 1940. The summed E-state index contributed by atoms with van der Waals surface area (Å²) in [5.41, 5.74) is 4.69. The minimum absolute atomic E-state index is 0.0180. The molecular formula is C33H33N5O7S2. The van der Waals surface area contributed by atoms with E-state index in [2.05, 4.69) is 15.8 Å². The molecule has 0 saturated carbocycles. The van der Waals surface area contributed by atoms with Crippen molar-refractivity contribution in [2.45, 2.75) is 22.8 Å². The first-order valence-corrected chi connectivity index (χ1v) is 17.5. The molecule has 12 nitrogen and oxygen atoms in total. The first kappa shape index (κ1) is 33.5. The summed E-state index contributed by atoms with van der Waals surface area (Å²) < 4.78 is 61.5. The summed E-state index contributed by atoms with van der Waals surface area (Å²) in [6, 6.07) is 27.9. The third kappa shape index (κ3) is 8.29. The van der Waals surface area contributed by atoms with Crippen LogP contribution in [-0.4, -0.2) is 75.8 Å². The zero-order chi connectivity index (χ0) is 33.4. The molecule has 0 radical (unpaired) electrons. The third-order valence-electron chi connectivity index (χ3n) is 7.30. The van der Waals surface area contributed by atoms with Crippen molar-refractivity contribution in [3.8, 4) is 5.75 Å². The Kier molecular flexibility index (Phi) is 10.5. The molecule has 4 aromatic rings. The van der Waals surface area contributed by atoms with E-state index in [1.54, 1.807) is 72.8 Å². The van der Waals surface area contributed by atoms with E-state index in [9.17, 15) is 26.4 Å². The van der Waals surface area contributed by atoms with Gasteiger partial charge in [-0.05, 0) is 73.2 Å². The Balaban J connectivity index is 1.24. The molecule has 1 heterocycles. The van der Waals surface area contributed by atoms with Gasteiger partial charge in [0.2, 0.25) is 20.0 Å². The Morgan fingerprint density at radius 1 is 0.809 bits per heavy atom. The van der Waals surface area contributed by atoms with Crippen molar-refractivity contribution in [2.24, 2.45) is 5.10 Å². The summed E-state index contributed by atoms with van der Waals surface area (Å²) in [5, 5.41) is 6.74. The van der Waals surface area contributed by atoms with Crippen LogP contribution in [-0.2, 0) is 29.6 Å². The molecule has 1 saturated heterocycles. The number of aryl methyl sites for hydroxylation is 1. The molecule has 14 heteroatoms. The van der Waals surface area contributed by atoms with E-state index in [0.29, 0.717) is 17.0 Å². The first-order chi connectivity index (χ1) is 22.5. The van der Waals surface area contributed by atoms with Crippen LogP contribution in [0.15, 0.2) is 124 Å². The molecule has 1 fully saturated rings. The van der Waals surface area contributed by atoms with Gasteiger partial charge in [-0.15, -0.1) is 0 Å². The van der Waals surface area contributed by atoms with Crippen molar-refractivity contribution < 1.29 is 31.2 Å². The van der Waals surface area contributed by atoms with Gasteiger partial charge < -0.3 is 10.1 Å². The van der Waals surface area contributed by atoms with E-state index in [0.717, 1.165) is 14.2 Å². The Morgan fingerprint density at radius 3 is 2.02 bits per heavy atom. The van der Waals surface area contributed by atoms with Gasteiger partial charge in [0.25, 0.3) is 11.8 Å². The van der Waals surface area contributed by atoms with Gasteiger partial charge in [-0.3, -0.25) is 9.59 Å². The maximum atomic E-state index is 13.6. The van der Waals surface area contributed by atoms with Crippen molar-refractivity contribution in [2.75, 3.05) is 31.6 Å². The molecule has 2 amide bonds. The fourth-order valence-corrected chi connectivity index (χ4v) is 7.86. The second kappa shape index (κ2) is 14.7. The highest BCUT2D eigenvalue weighted by molar-refractivity contribution is 7.89. The molecule has 5 rings (SSSR count). The maximum absolute atomic E-state index is 13.6. The van der Waals surface area contributed by atoms with Crippen LogP contribution in [0.4, 0.5) is 5.69 Å². The second-order valence-electron chi connectivity index (χ2n) is 10.6. The fraction of sp³-hybridized carbons (Fsp3) is 0.182. The summed E-state index contributed by atoms with van der Waals surface area (Å²) in [7, 11) is -8.15. The zero-order valence-corrected chi connectivity index (χ0v) is 27.0. The van der Waals surface area contributed by atoms with E-state index in [-0.39, 0.29) is 35.4 Å². The molecule has 1 aliphatic rings. The molecule has 47 heavy (non-hydrogen) atoms. The number of anilines is 1. The van der Waals surface area contributed by atoms with E-state index in [1.807, 2.05) is 19.1 Å². The zero-order valence-electron chi connectivity index (χ0n) is 25.4. The molecule has 2 N–H and O–H groups in total. The number of piperazine rings is 1. The molecule has 0 unspecified atom stereocenters. The summed E-state index contributed by atoms with van der Waals surface area (Å²) >= 11 is 0. The Morgan fingerprint density at radius 2 is 1.40 bits per heavy atom. The van der Waals surface area contributed by atoms with Crippen LogP contribution < -0.4 is 15.5 Å². The minimum atomic E-state index is -4.15. The van der Waals surface area contributed by atoms with Gasteiger partial charge in [0, 0.05) is 25.3 Å². The number of carbonyl (C=O) groups is 2. The van der Waals surface area contributed by atoms with Crippen molar-refractivity contribution in [3.05, 3.63) is 120 Å². The van der Waals surface area contributed by atoms with Crippen LogP contribution in [0.5, 0.6) is 5.75 Å². The number of hydrazone groups is 1. The SMILES string of the molecule is Cc1ccc(NC(=O)COc2ccc(/C=N\NC(=O)[C@@H]3CN(S(=O)(=O)c4ccccc4)CCN3S(=O)(=O)c3ccccc3)cc2)cc1. The molecule has 1 aliphatic heterocycles. The molecule has 0 spiro atoms. The van der Waals surface area contributed by atoms with Crippen molar-refractivity contribution in [1.82, 2.24) is 14.0 Å². The number of nitrogens with one attached hydrogen (secondary N) is 2. The van der Waals surface area contributed by atoms with Crippen LogP contribution in [0.1, 0.15) is 11.1 Å². The summed E-state index contributed by atoms with van der Waals surface area (Å²) in [6.45, 7) is 0.969. The number of hydrogen-bond donors (Lipinski definition) is 2. The molecule has 0 bridgehead atoms. The van der Waals surface area contributed by atoms with Crippen LogP contribution >= 0.6 is 0 Å². The van der Waals surface area contributed by atoms with Crippen molar-refractivity contribution in [3.63, 3.8) is 0 Å². The monoisotopic (exact) mass is 675 g/mol.